The van der Waals surface area contributed by atoms with Gasteiger partial charge in [-0.2, -0.15) is 0 Å². The van der Waals surface area contributed by atoms with Crippen molar-refractivity contribution in [3.05, 3.63) is 11.5 Å². The molecule has 1 heterocycles. The molecule has 0 aliphatic heterocycles. The third-order valence-corrected chi connectivity index (χ3v) is 3.90. The molecule has 0 saturated heterocycles. The quantitative estimate of drug-likeness (QED) is 0.861. The highest BCUT2D eigenvalue weighted by atomic mass is 15.2. The fourth-order valence-corrected chi connectivity index (χ4v) is 3.06. The lowest BCUT2D eigenvalue weighted by atomic mass is 10.0. The lowest BCUT2D eigenvalue weighted by Gasteiger charge is -2.26. The van der Waals surface area contributed by atoms with Gasteiger partial charge in [0.15, 0.2) is 0 Å². The third kappa shape index (κ3) is 2.27. The Bertz CT molecular complexity index is 418. The number of anilines is 1. The van der Waals surface area contributed by atoms with Crippen molar-refractivity contribution < 1.29 is 0 Å². The molecule has 0 radical (unpaired) electrons. The van der Waals surface area contributed by atoms with Gasteiger partial charge in [-0.1, -0.05) is 26.7 Å². The molecular formula is C15H27N3. The van der Waals surface area contributed by atoms with Gasteiger partial charge in [0.2, 0.25) is 0 Å². The van der Waals surface area contributed by atoms with E-state index in [2.05, 4.69) is 39.2 Å². The molecule has 1 aliphatic rings. The summed E-state index contributed by atoms with van der Waals surface area (Å²) < 4.78 is 2.24. The molecule has 1 saturated carbocycles. The number of rotatable bonds is 2. The fourth-order valence-electron chi connectivity index (χ4n) is 3.06. The number of nitrogens with zero attached hydrogens (tertiary/aromatic N) is 2. The Kier molecular flexibility index (Phi) is 3.43. The van der Waals surface area contributed by atoms with Gasteiger partial charge < -0.3 is 10.3 Å². The molecule has 0 aromatic carbocycles. The maximum Gasteiger partial charge on any atom is 0.127 e. The Morgan fingerprint density at radius 1 is 1.22 bits per heavy atom. The summed E-state index contributed by atoms with van der Waals surface area (Å²) in [5.74, 6) is 3.05. The SMILES string of the molecule is CC(C)c1nc(C2CCCC2)c(N)n1C(C)(C)C. The van der Waals surface area contributed by atoms with Gasteiger partial charge in [0.25, 0.3) is 0 Å². The first kappa shape index (κ1) is 13.4. The van der Waals surface area contributed by atoms with Gasteiger partial charge in [-0.15, -0.1) is 0 Å². The molecule has 1 aliphatic carbocycles. The maximum atomic E-state index is 6.41. The van der Waals surface area contributed by atoms with Crippen LogP contribution in [-0.2, 0) is 5.54 Å². The largest absolute Gasteiger partial charge is 0.384 e. The summed E-state index contributed by atoms with van der Waals surface area (Å²) in [4.78, 5) is 4.90. The molecule has 0 bridgehead atoms. The van der Waals surface area contributed by atoms with E-state index in [-0.39, 0.29) is 5.54 Å². The van der Waals surface area contributed by atoms with Gasteiger partial charge in [-0.3, -0.25) is 0 Å². The normalized spacial score (nSPS) is 17.9. The van der Waals surface area contributed by atoms with Crippen molar-refractivity contribution in [1.82, 2.24) is 9.55 Å². The van der Waals surface area contributed by atoms with Gasteiger partial charge >= 0.3 is 0 Å². The Morgan fingerprint density at radius 3 is 2.17 bits per heavy atom. The van der Waals surface area contributed by atoms with Crippen LogP contribution in [0, 0.1) is 0 Å². The second-order valence-corrected chi connectivity index (χ2v) is 6.88. The molecule has 0 amide bonds. The lowest BCUT2D eigenvalue weighted by molar-refractivity contribution is 0.382. The van der Waals surface area contributed by atoms with Crippen molar-refractivity contribution in [3.63, 3.8) is 0 Å². The van der Waals surface area contributed by atoms with E-state index in [4.69, 9.17) is 10.7 Å². The Balaban J connectivity index is 2.50. The Morgan fingerprint density at radius 2 is 1.78 bits per heavy atom. The van der Waals surface area contributed by atoms with Crippen molar-refractivity contribution >= 4 is 5.82 Å². The molecule has 3 heteroatoms. The smallest absolute Gasteiger partial charge is 0.127 e. The van der Waals surface area contributed by atoms with Crippen LogP contribution in [0.25, 0.3) is 0 Å². The minimum Gasteiger partial charge on any atom is -0.384 e. The van der Waals surface area contributed by atoms with Gasteiger partial charge in [0.05, 0.1) is 5.69 Å². The number of nitrogens with two attached hydrogens (primary N) is 1. The van der Waals surface area contributed by atoms with Gasteiger partial charge in [0.1, 0.15) is 11.6 Å². The predicted octanol–water partition coefficient (Wildman–Crippen LogP) is 4.00. The summed E-state index contributed by atoms with van der Waals surface area (Å²) in [6.45, 7) is 11.0. The maximum absolute atomic E-state index is 6.41. The lowest BCUT2D eigenvalue weighted by Crippen LogP contribution is -2.26. The second-order valence-electron chi connectivity index (χ2n) is 6.88. The summed E-state index contributed by atoms with van der Waals surface area (Å²) in [6.07, 6.45) is 5.15. The van der Waals surface area contributed by atoms with E-state index in [1.165, 1.54) is 25.7 Å². The molecule has 1 aromatic heterocycles. The number of nitrogen functional groups attached to an aromatic ring is 1. The van der Waals surface area contributed by atoms with E-state index in [1.807, 2.05) is 0 Å². The van der Waals surface area contributed by atoms with Crippen LogP contribution in [0.2, 0.25) is 0 Å². The van der Waals surface area contributed by atoms with Crippen molar-refractivity contribution in [2.24, 2.45) is 0 Å². The van der Waals surface area contributed by atoms with E-state index in [0.717, 1.165) is 17.3 Å². The fraction of sp³-hybridized carbons (Fsp3) is 0.800. The van der Waals surface area contributed by atoms with Gasteiger partial charge in [-0.05, 0) is 33.6 Å². The van der Waals surface area contributed by atoms with E-state index in [9.17, 15) is 0 Å². The van der Waals surface area contributed by atoms with Crippen LogP contribution in [-0.4, -0.2) is 9.55 Å². The molecule has 0 atom stereocenters. The average Bonchev–Trinajstić information content (AvgIpc) is 2.81. The van der Waals surface area contributed by atoms with E-state index < -0.39 is 0 Å². The van der Waals surface area contributed by atoms with Gasteiger partial charge in [0, 0.05) is 17.4 Å². The molecule has 102 valence electrons. The first-order valence-corrected chi connectivity index (χ1v) is 7.21. The predicted molar refractivity (Wildman–Crippen MR) is 76.9 cm³/mol. The van der Waals surface area contributed by atoms with Crippen LogP contribution in [0.1, 0.15) is 83.7 Å². The molecule has 2 rings (SSSR count). The van der Waals surface area contributed by atoms with E-state index in [0.29, 0.717) is 11.8 Å². The van der Waals surface area contributed by atoms with E-state index >= 15 is 0 Å². The van der Waals surface area contributed by atoms with Crippen LogP contribution >= 0.6 is 0 Å². The summed E-state index contributed by atoms with van der Waals surface area (Å²) in [6, 6.07) is 0. The topological polar surface area (TPSA) is 43.8 Å². The van der Waals surface area contributed by atoms with Crippen LogP contribution in [0.15, 0.2) is 0 Å². The number of imidazole rings is 1. The highest BCUT2D eigenvalue weighted by Gasteiger charge is 2.29. The standard InChI is InChI=1S/C15H27N3/c1-10(2)14-17-12(11-8-6-7-9-11)13(16)18(14)15(3,4)5/h10-11H,6-9,16H2,1-5H3. The minimum atomic E-state index is 0.00748. The first-order chi connectivity index (χ1) is 8.32. The molecule has 1 fully saturated rings. The molecule has 0 spiro atoms. The highest BCUT2D eigenvalue weighted by Crippen LogP contribution is 2.39. The van der Waals surface area contributed by atoms with Crippen molar-refractivity contribution in [2.75, 3.05) is 5.73 Å². The van der Waals surface area contributed by atoms with Crippen LogP contribution < -0.4 is 5.73 Å². The second kappa shape index (κ2) is 4.60. The summed E-state index contributed by atoms with van der Waals surface area (Å²) >= 11 is 0. The van der Waals surface area contributed by atoms with Crippen molar-refractivity contribution in [1.29, 1.82) is 0 Å². The van der Waals surface area contributed by atoms with Crippen molar-refractivity contribution in [3.8, 4) is 0 Å². The third-order valence-electron chi connectivity index (χ3n) is 3.90. The summed E-state index contributed by atoms with van der Waals surface area (Å²) in [7, 11) is 0. The van der Waals surface area contributed by atoms with E-state index in [1.54, 1.807) is 0 Å². The number of hydrogen-bond donors (Lipinski definition) is 1. The van der Waals surface area contributed by atoms with Crippen LogP contribution in [0.5, 0.6) is 0 Å². The van der Waals surface area contributed by atoms with Crippen LogP contribution in [0.3, 0.4) is 0 Å². The zero-order valence-corrected chi connectivity index (χ0v) is 12.5. The molecule has 1 aromatic rings. The van der Waals surface area contributed by atoms with Crippen LogP contribution in [0.4, 0.5) is 5.82 Å². The highest BCUT2D eigenvalue weighted by molar-refractivity contribution is 5.42. The summed E-state index contributed by atoms with van der Waals surface area (Å²) in [5.41, 5.74) is 7.57. The minimum absolute atomic E-state index is 0.00748. The molecular weight excluding hydrogens is 222 g/mol. The first-order valence-electron chi connectivity index (χ1n) is 7.21. The summed E-state index contributed by atoms with van der Waals surface area (Å²) in [5, 5.41) is 0. The molecule has 0 unspecified atom stereocenters. The monoisotopic (exact) mass is 249 g/mol. The van der Waals surface area contributed by atoms with Crippen molar-refractivity contribution in [2.45, 2.75) is 77.7 Å². The number of aromatic nitrogens is 2. The average molecular weight is 249 g/mol. The van der Waals surface area contributed by atoms with Gasteiger partial charge in [-0.25, -0.2) is 4.98 Å². The Hall–Kier alpha value is -0.990. The Labute approximate surface area is 111 Å². The zero-order valence-electron chi connectivity index (χ0n) is 12.5. The number of hydrogen-bond acceptors (Lipinski definition) is 2. The molecule has 3 nitrogen and oxygen atoms in total. The zero-order chi connectivity index (χ0) is 13.5. The molecule has 18 heavy (non-hydrogen) atoms. The molecule has 2 N–H and O–H groups in total.